The molecule has 3 aromatic heterocycles. The number of aryl methyl sites for hydroxylation is 1. The lowest BCUT2D eigenvalue weighted by Gasteiger charge is -2.17. The lowest BCUT2D eigenvalue weighted by atomic mass is 10.2. The Morgan fingerprint density at radius 1 is 1.44 bits per heavy atom. The van der Waals surface area contributed by atoms with Crippen molar-refractivity contribution in [1.29, 1.82) is 0 Å². The lowest BCUT2D eigenvalue weighted by molar-refractivity contribution is 0.0787. The fourth-order valence-electron chi connectivity index (χ4n) is 3.58. The average Bonchev–Trinajstić information content (AvgIpc) is 3.30. The van der Waals surface area contributed by atoms with Gasteiger partial charge in [-0.1, -0.05) is 0 Å². The summed E-state index contributed by atoms with van der Waals surface area (Å²) in [7, 11) is 0. The number of amides is 1. The van der Waals surface area contributed by atoms with E-state index in [1.54, 1.807) is 27.9 Å². The summed E-state index contributed by atoms with van der Waals surface area (Å²) in [5.41, 5.74) is 2.69. The first-order valence-corrected chi connectivity index (χ1v) is 8.47. The summed E-state index contributed by atoms with van der Waals surface area (Å²) < 4.78 is 3.49. The first-order chi connectivity index (χ1) is 12.1. The molecule has 1 amide bonds. The first kappa shape index (κ1) is 15.6. The zero-order valence-corrected chi connectivity index (χ0v) is 14.3. The molecule has 0 radical (unpaired) electrons. The molecule has 4 heterocycles. The van der Waals surface area contributed by atoms with Crippen LogP contribution in [-0.4, -0.2) is 48.2 Å². The van der Waals surface area contributed by atoms with Crippen molar-refractivity contribution in [3.63, 3.8) is 0 Å². The number of aromatic nitrogens is 5. The Labute approximate surface area is 144 Å². The van der Waals surface area contributed by atoms with Crippen molar-refractivity contribution >= 4 is 17.1 Å². The smallest absolute Gasteiger partial charge is 0.327 e. The summed E-state index contributed by atoms with van der Waals surface area (Å²) in [5, 5.41) is 4.25. The van der Waals surface area contributed by atoms with Crippen LogP contribution < -0.4 is 5.69 Å². The van der Waals surface area contributed by atoms with Crippen LogP contribution in [0.4, 0.5) is 0 Å². The number of likely N-dealkylation sites (tertiary alicyclic amines) is 1. The van der Waals surface area contributed by atoms with Gasteiger partial charge in [0.15, 0.2) is 5.65 Å². The second-order valence-corrected chi connectivity index (χ2v) is 6.33. The van der Waals surface area contributed by atoms with E-state index >= 15 is 0 Å². The molecule has 0 unspecified atom stereocenters. The molecule has 130 valence electrons. The first-order valence-electron chi connectivity index (χ1n) is 8.47. The minimum absolute atomic E-state index is 0.0273. The van der Waals surface area contributed by atoms with Gasteiger partial charge in [-0.3, -0.25) is 14.0 Å². The molecule has 1 N–H and O–H groups in total. The van der Waals surface area contributed by atoms with Gasteiger partial charge in [0.1, 0.15) is 0 Å². The Morgan fingerprint density at radius 2 is 2.28 bits per heavy atom. The summed E-state index contributed by atoms with van der Waals surface area (Å²) >= 11 is 0. The van der Waals surface area contributed by atoms with Gasteiger partial charge in [0, 0.05) is 31.5 Å². The van der Waals surface area contributed by atoms with Crippen LogP contribution >= 0.6 is 0 Å². The van der Waals surface area contributed by atoms with Crippen molar-refractivity contribution in [3.8, 4) is 0 Å². The number of pyridine rings is 1. The van der Waals surface area contributed by atoms with E-state index in [1.807, 2.05) is 24.6 Å². The molecule has 1 aliphatic rings. The van der Waals surface area contributed by atoms with Gasteiger partial charge in [0.2, 0.25) is 0 Å². The third kappa shape index (κ3) is 2.45. The maximum atomic E-state index is 12.8. The highest BCUT2D eigenvalue weighted by Crippen LogP contribution is 2.25. The van der Waals surface area contributed by atoms with Crippen LogP contribution in [0.1, 0.15) is 35.4 Å². The van der Waals surface area contributed by atoms with Crippen molar-refractivity contribution in [3.05, 3.63) is 46.3 Å². The zero-order valence-electron chi connectivity index (χ0n) is 14.3. The molecular weight excluding hydrogens is 320 g/mol. The molecule has 25 heavy (non-hydrogen) atoms. The number of rotatable bonds is 3. The summed E-state index contributed by atoms with van der Waals surface area (Å²) in [4.78, 5) is 34.1. The van der Waals surface area contributed by atoms with Crippen LogP contribution in [-0.2, 0) is 6.54 Å². The number of nitrogens with zero attached hydrogens (tertiary/aromatic N) is 5. The van der Waals surface area contributed by atoms with Crippen LogP contribution in [0.3, 0.4) is 0 Å². The molecule has 8 nitrogen and oxygen atoms in total. The average molecular weight is 340 g/mol. The maximum Gasteiger partial charge on any atom is 0.327 e. The number of aromatic amines is 1. The molecule has 3 aromatic rings. The number of hydrogen-bond acceptors (Lipinski definition) is 4. The Kier molecular flexibility index (Phi) is 3.67. The number of imidazole rings is 1. The van der Waals surface area contributed by atoms with Crippen molar-refractivity contribution in [2.45, 2.75) is 32.9 Å². The van der Waals surface area contributed by atoms with Crippen molar-refractivity contribution in [1.82, 2.24) is 29.2 Å². The number of fused-ring (bicyclic) bond motifs is 1. The standard InChI is InChI=1S/C17H20N6O2/c1-3-22-11(2)13(9-19-22)16(24)21-8-6-12(10-21)23-15-14(20-17(23)25)5-4-7-18-15/h4-5,7,9,12H,3,6,8,10H2,1-2H3,(H,20,25)/t12-/m1/s1. The van der Waals surface area contributed by atoms with Gasteiger partial charge in [-0.2, -0.15) is 5.10 Å². The number of H-pyrrole nitrogens is 1. The molecule has 0 aromatic carbocycles. The Balaban J connectivity index is 1.60. The van der Waals surface area contributed by atoms with E-state index in [0.29, 0.717) is 24.3 Å². The third-order valence-electron chi connectivity index (χ3n) is 4.92. The highest BCUT2D eigenvalue weighted by molar-refractivity contribution is 5.95. The molecule has 4 rings (SSSR count). The maximum absolute atomic E-state index is 12.8. The van der Waals surface area contributed by atoms with Crippen LogP contribution in [0.25, 0.3) is 11.2 Å². The van der Waals surface area contributed by atoms with Gasteiger partial charge in [-0.05, 0) is 32.4 Å². The predicted molar refractivity (Wildman–Crippen MR) is 92.5 cm³/mol. The second-order valence-electron chi connectivity index (χ2n) is 6.33. The summed E-state index contributed by atoms with van der Waals surface area (Å²) in [6, 6.07) is 3.56. The normalized spacial score (nSPS) is 17.5. The SMILES string of the molecule is CCn1ncc(C(=O)N2CC[C@@H](n3c(=O)[nH]c4cccnc43)C2)c1C. The van der Waals surface area contributed by atoms with Crippen molar-refractivity contribution in [2.24, 2.45) is 0 Å². The fraction of sp³-hybridized carbons (Fsp3) is 0.412. The third-order valence-corrected chi connectivity index (χ3v) is 4.92. The van der Waals surface area contributed by atoms with Gasteiger partial charge < -0.3 is 9.88 Å². The van der Waals surface area contributed by atoms with Gasteiger partial charge in [0.25, 0.3) is 5.91 Å². The number of nitrogens with one attached hydrogen (secondary N) is 1. The molecule has 0 spiro atoms. The molecule has 0 bridgehead atoms. The van der Waals surface area contributed by atoms with Crippen LogP contribution in [0, 0.1) is 6.92 Å². The van der Waals surface area contributed by atoms with E-state index < -0.39 is 0 Å². The van der Waals surface area contributed by atoms with E-state index in [-0.39, 0.29) is 17.6 Å². The molecule has 1 atom stereocenters. The Hall–Kier alpha value is -2.90. The van der Waals surface area contributed by atoms with E-state index in [9.17, 15) is 9.59 Å². The predicted octanol–water partition coefficient (Wildman–Crippen LogP) is 1.34. The van der Waals surface area contributed by atoms with Gasteiger partial charge >= 0.3 is 5.69 Å². The van der Waals surface area contributed by atoms with Crippen molar-refractivity contribution in [2.75, 3.05) is 13.1 Å². The number of carbonyl (C=O) groups excluding carboxylic acids is 1. The lowest BCUT2D eigenvalue weighted by Crippen LogP contribution is -2.31. The van der Waals surface area contributed by atoms with Crippen LogP contribution in [0.2, 0.25) is 0 Å². The fourth-order valence-corrected chi connectivity index (χ4v) is 3.58. The molecule has 8 heteroatoms. The molecule has 1 fully saturated rings. The number of carbonyl (C=O) groups is 1. The van der Waals surface area contributed by atoms with Crippen LogP contribution in [0.15, 0.2) is 29.3 Å². The topological polar surface area (TPSA) is 88.8 Å². The summed E-state index contributed by atoms with van der Waals surface area (Å²) in [6.45, 7) is 5.76. The Morgan fingerprint density at radius 3 is 3.04 bits per heavy atom. The minimum Gasteiger partial charge on any atom is -0.336 e. The molecule has 0 aliphatic carbocycles. The van der Waals surface area contributed by atoms with E-state index in [0.717, 1.165) is 24.2 Å². The van der Waals surface area contributed by atoms with Gasteiger partial charge in [0.05, 0.1) is 23.3 Å². The van der Waals surface area contributed by atoms with E-state index in [4.69, 9.17) is 0 Å². The van der Waals surface area contributed by atoms with Gasteiger partial charge in [-0.25, -0.2) is 9.78 Å². The molecule has 1 aliphatic heterocycles. The monoisotopic (exact) mass is 340 g/mol. The zero-order chi connectivity index (χ0) is 17.6. The van der Waals surface area contributed by atoms with Crippen molar-refractivity contribution < 1.29 is 4.79 Å². The van der Waals surface area contributed by atoms with E-state index in [2.05, 4.69) is 15.1 Å². The van der Waals surface area contributed by atoms with Crippen LogP contribution in [0.5, 0.6) is 0 Å². The molecular formula is C17H20N6O2. The highest BCUT2D eigenvalue weighted by Gasteiger charge is 2.31. The highest BCUT2D eigenvalue weighted by atomic mass is 16.2. The summed E-state index contributed by atoms with van der Waals surface area (Å²) in [6.07, 6.45) is 4.04. The molecule has 1 saturated heterocycles. The van der Waals surface area contributed by atoms with E-state index in [1.165, 1.54) is 0 Å². The second kappa shape index (κ2) is 5.87. The number of hydrogen-bond donors (Lipinski definition) is 1. The summed E-state index contributed by atoms with van der Waals surface area (Å²) in [5.74, 6) is -0.0273. The quantitative estimate of drug-likeness (QED) is 0.779. The van der Waals surface area contributed by atoms with Gasteiger partial charge in [-0.15, -0.1) is 0 Å². The largest absolute Gasteiger partial charge is 0.336 e. The molecule has 0 saturated carbocycles. The minimum atomic E-state index is -0.178. The Bertz CT molecular complexity index is 998.